The second-order valence-electron chi connectivity index (χ2n) is 4.10. The van der Waals surface area contributed by atoms with E-state index in [9.17, 15) is 18.0 Å². The number of carbonyl (C=O) groups excluding carboxylic acids is 1. The highest BCUT2D eigenvalue weighted by molar-refractivity contribution is 6.32. The fraction of sp³-hybridized carbons (Fsp3) is 0.143. The third-order valence-corrected chi connectivity index (χ3v) is 2.91. The number of halogens is 4. The molecule has 2 aromatic rings. The molecule has 0 N–H and O–H groups in total. The van der Waals surface area contributed by atoms with E-state index in [1.165, 1.54) is 37.4 Å². The van der Waals surface area contributed by atoms with Crippen LogP contribution < -0.4 is 4.74 Å². The van der Waals surface area contributed by atoms with E-state index in [1.807, 2.05) is 0 Å². The summed E-state index contributed by atoms with van der Waals surface area (Å²) in [7, 11) is 1.20. The highest BCUT2D eigenvalue weighted by Crippen LogP contribution is 2.28. The number of carbonyl (C=O) groups is 1. The Morgan fingerprint density at radius 1 is 1.23 bits per heavy atom. The quantitative estimate of drug-likeness (QED) is 0.628. The molecule has 1 aromatic carbocycles. The first kappa shape index (κ1) is 16.1. The van der Waals surface area contributed by atoms with Crippen molar-refractivity contribution in [2.75, 3.05) is 7.11 Å². The molecule has 1 heterocycles. The summed E-state index contributed by atoms with van der Waals surface area (Å²) in [6, 6.07) is 8.10. The monoisotopic (exact) mass is 331 g/mol. The number of pyridine rings is 1. The molecule has 0 aliphatic rings. The molecule has 0 spiro atoms. The van der Waals surface area contributed by atoms with Crippen LogP contribution in [0.4, 0.5) is 13.2 Å². The highest BCUT2D eigenvalue weighted by Gasteiger charge is 2.31. The van der Waals surface area contributed by atoms with Crippen molar-refractivity contribution in [1.82, 2.24) is 4.98 Å². The van der Waals surface area contributed by atoms with Crippen molar-refractivity contribution in [1.29, 1.82) is 0 Å². The molecule has 0 aliphatic carbocycles. The molecule has 4 nitrogen and oxygen atoms in total. The number of benzene rings is 1. The van der Waals surface area contributed by atoms with Crippen LogP contribution in [0.2, 0.25) is 5.15 Å². The number of rotatable bonds is 3. The molecular weight excluding hydrogens is 323 g/mol. The first-order valence-electron chi connectivity index (χ1n) is 5.91. The minimum absolute atomic E-state index is 0.0654. The third kappa shape index (κ3) is 3.88. The molecule has 2 rings (SSSR count). The number of aromatic nitrogens is 1. The fourth-order valence-corrected chi connectivity index (χ4v) is 1.94. The van der Waals surface area contributed by atoms with Crippen LogP contribution >= 0.6 is 11.6 Å². The maximum absolute atomic E-state index is 12.2. The molecule has 0 bridgehead atoms. The SMILES string of the molecule is COC(=O)c1ccc(-c2cccc(OC(F)(F)F)c2)nc1Cl. The molecule has 0 amide bonds. The molecule has 0 radical (unpaired) electrons. The van der Waals surface area contributed by atoms with Gasteiger partial charge in [0.15, 0.2) is 0 Å². The Kier molecular flexibility index (Phi) is 4.56. The summed E-state index contributed by atoms with van der Waals surface area (Å²) in [5.74, 6) is -1.03. The van der Waals surface area contributed by atoms with Crippen molar-refractivity contribution in [3.63, 3.8) is 0 Å². The van der Waals surface area contributed by atoms with Gasteiger partial charge < -0.3 is 9.47 Å². The van der Waals surface area contributed by atoms with Gasteiger partial charge in [0, 0.05) is 5.56 Å². The predicted molar refractivity (Wildman–Crippen MR) is 72.7 cm³/mol. The molecule has 8 heteroatoms. The summed E-state index contributed by atoms with van der Waals surface area (Å²) in [6.45, 7) is 0. The Bertz CT molecular complexity index is 704. The molecule has 0 atom stereocenters. The van der Waals surface area contributed by atoms with Crippen LogP contribution in [0.5, 0.6) is 5.75 Å². The van der Waals surface area contributed by atoms with Gasteiger partial charge in [-0.05, 0) is 24.3 Å². The molecule has 22 heavy (non-hydrogen) atoms. The van der Waals surface area contributed by atoms with E-state index in [0.29, 0.717) is 11.3 Å². The topological polar surface area (TPSA) is 48.4 Å². The standard InChI is InChI=1S/C14H9ClF3NO3/c1-21-13(20)10-5-6-11(19-12(10)15)8-3-2-4-9(7-8)22-14(16,17)18/h2-7H,1H3. The number of nitrogens with zero attached hydrogens (tertiary/aromatic N) is 1. The van der Waals surface area contributed by atoms with Gasteiger partial charge in [0.1, 0.15) is 10.9 Å². The summed E-state index contributed by atoms with van der Waals surface area (Å²) >= 11 is 5.88. The van der Waals surface area contributed by atoms with Crippen molar-refractivity contribution in [2.24, 2.45) is 0 Å². The Balaban J connectivity index is 2.34. The van der Waals surface area contributed by atoms with Crippen LogP contribution in [0.3, 0.4) is 0 Å². The lowest BCUT2D eigenvalue weighted by Gasteiger charge is -2.10. The van der Waals surface area contributed by atoms with E-state index in [1.54, 1.807) is 6.07 Å². The maximum Gasteiger partial charge on any atom is 0.573 e. The maximum atomic E-state index is 12.2. The molecule has 1 aromatic heterocycles. The lowest BCUT2D eigenvalue weighted by molar-refractivity contribution is -0.274. The van der Waals surface area contributed by atoms with Crippen LogP contribution in [0.1, 0.15) is 10.4 Å². The number of methoxy groups -OCH3 is 1. The van der Waals surface area contributed by atoms with Gasteiger partial charge in [-0.3, -0.25) is 0 Å². The van der Waals surface area contributed by atoms with E-state index in [4.69, 9.17) is 11.6 Å². The van der Waals surface area contributed by atoms with E-state index < -0.39 is 12.3 Å². The van der Waals surface area contributed by atoms with E-state index in [0.717, 1.165) is 0 Å². The van der Waals surface area contributed by atoms with Crippen molar-refractivity contribution >= 4 is 17.6 Å². The van der Waals surface area contributed by atoms with Crippen molar-refractivity contribution in [3.05, 3.63) is 47.1 Å². The summed E-state index contributed by atoms with van der Waals surface area (Å²) in [5, 5.41) is -0.105. The van der Waals surface area contributed by atoms with Crippen LogP contribution in [0.15, 0.2) is 36.4 Å². The minimum Gasteiger partial charge on any atom is -0.465 e. The lowest BCUT2D eigenvalue weighted by atomic mass is 10.1. The highest BCUT2D eigenvalue weighted by atomic mass is 35.5. The largest absolute Gasteiger partial charge is 0.573 e. The van der Waals surface area contributed by atoms with Gasteiger partial charge in [-0.2, -0.15) is 0 Å². The smallest absolute Gasteiger partial charge is 0.465 e. The van der Waals surface area contributed by atoms with Gasteiger partial charge in [0.2, 0.25) is 0 Å². The molecule has 0 saturated carbocycles. The average Bonchev–Trinajstić information content (AvgIpc) is 2.45. The van der Waals surface area contributed by atoms with Crippen molar-refractivity contribution < 1.29 is 27.4 Å². The van der Waals surface area contributed by atoms with Crippen molar-refractivity contribution in [2.45, 2.75) is 6.36 Å². The van der Waals surface area contributed by atoms with Gasteiger partial charge in [-0.1, -0.05) is 23.7 Å². The van der Waals surface area contributed by atoms with Crippen LogP contribution in [-0.4, -0.2) is 24.4 Å². The Morgan fingerprint density at radius 3 is 2.55 bits per heavy atom. The Morgan fingerprint density at radius 2 is 1.95 bits per heavy atom. The number of hydrogen-bond acceptors (Lipinski definition) is 4. The number of alkyl halides is 3. The second kappa shape index (κ2) is 6.23. The van der Waals surface area contributed by atoms with Crippen LogP contribution in [0, 0.1) is 0 Å². The normalized spacial score (nSPS) is 11.1. The zero-order chi connectivity index (χ0) is 16.3. The summed E-state index contributed by atoms with van der Waals surface area (Å²) in [5.41, 5.74) is 0.723. The Hall–Kier alpha value is -2.28. The first-order chi connectivity index (χ1) is 10.3. The van der Waals surface area contributed by atoms with Crippen LogP contribution in [0.25, 0.3) is 11.3 Å². The molecule has 0 unspecified atom stereocenters. The Labute approximate surface area is 128 Å². The number of ether oxygens (including phenoxy) is 2. The third-order valence-electron chi connectivity index (χ3n) is 2.62. The summed E-state index contributed by atoms with van der Waals surface area (Å²) in [6.07, 6.45) is -4.78. The minimum atomic E-state index is -4.78. The second-order valence-corrected chi connectivity index (χ2v) is 4.46. The lowest BCUT2D eigenvalue weighted by Crippen LogP contribution is -2.17. The first-order valence-corrected chi connectivity index (χ1v) is 6.29. The van der Waals surface area contributed by atoms with Gasteiger partial charge in [-0.25, -0.2) is 9.78 Å². The zero-order valence-corrected chi connectivity index (χ0v) is 11.9. The van der Waals surface area contributed by atoms with Crippen LogP contribution in [-0.2, 0) is 4.74 Å². The molecule has 116 valence electrons. The summed E-state index contributed by atoms with van der Waals surface area (Å²) in [4.78, 5) is 15.4. The molecular formula is C14H9ClF3NO3. The van der Waals surface area contributed by atoms with Gasteiger partial charge >= 0.3 is 12.3 Å². The summed E-state index contributed by atoms with van der Waals surface area (Å²) < 4.78 is 45.0. The van der Waals surface area contributed by atoms with E-state index >= 15 is 0 Å². The van der Waals surface area contributed by atoms with Gasteiger partial charge in [-0.15, -0.1) is 13.2 Å². The van der Waals surface area contributed by atoms with Crippen molar-refractivity contribution in [3.8, 4) is 17.0 Å². The number of esters is 1. The van der Waals surface area contributed by atoms with Gasteiger partial charge in [0.25, 0.3) is 0 Å². The fourth-order valence-electron chi connectivity index (χ4n) is 1.71. The molecule has 0 aliphatic heterocycles. The average molecular weight is 332 g/mol. The van der Waals surface area contributed by atoms with Gasteiger partial charge in [0.05, 0.1) is 18.4 Å². The zero-order valence-electron chi connectivity index (χ0n) is 11.1. The molecule has 0 fully saturated rings. The van der Waals surface area contributed by atoms with E-state index in [2.05, 4.69) is 14.5 Å². The molecule has 0 saturated heterocycles. The predicted octanol–water partition coefficient (Wildman–Crippen LogP) is 4.09. The number of hydrogen-bond donors (Lipinski definition) is 0. The van der Waals surface area contributed by atoms with E-state index in [-0.39, 0.29) is 16.5 Å².